The zero-order valence-electron chi connectivity index (χ0n) is 23.2. The number of nitrogens with one attached hydrogen (secondary N) is 1. The molecule has 3 aromatic carbocycles. The Kier molecular flexibility index (Phi) is 9.49. The van der Waals surface area contributed by atoms with Crippen LogP contribution in [0.25, 0.3) is 5.69 Å². The van der Waals surface area contributed by atoms with E-state index >= 15 is 4.39 Å². The van der Waals surface area contributed by atoms with Crippen molar-refractivity contribution in [2.24, 2.45) is 0 Å². The summed E-state index contributed by atoms with van der Waals surface area (Å²) in [6.07, 6.45) is 0.554. The average Bonchev–Trinajstić information content (AvgIpc) is 3.37. The second kappa shape index (κ2) is 12.7. The number of halogens is 3. The molecule has 42 heavy (non-hydrogen) atoms. The van der Waals surface area contributed by atoms with Crippen LogP contribution in [0.5, 0.6) is 5.75 Å². The fourth-order valence-electron chi connectivity index (χ4n) is 4.18. The molecule has 0 bridgehead atoms. The molecule has 0 fully saturated rings. The van der Waals surface area contributed by atoms with Crippen LogP contribution in [-0.2, 0) is 25.5 Å². The quantitative estimate of drug-likeness (QED) is 0.150. The summed E-state index contributed by atoms with van der Waals surface area (Å²) >= 11 is 7.46. The summed E-state index contributed by atoms with van der Waals surface area (Å²) in [4.78, 5) is 15.7. The third-order valence-electron chi connectivity index (χ3n) is 6.50. The first-order valence-electron chi connectivity index (χ1n) is 12.7. The third kappa shape index (κ3) is 6.71. The number of amides is 1. The summed E-state index contributed by atoms with van der Waals surface area (Å²) in [7, 11) is -2.97. The van der Waals surface area contributed by atoms with Crippen LogP contribution in [0.4, 0.5) is 13.6 Å². The van der Waals surface area contributed by atoms with Crippen molar-refractivity contribution in [2.75, 3.05) is 13.7 Å². The molecule has 8 nitrogen and oxygen atoms in total. The molecule has 4 aromatic rings. The fourth-order valence-corrected chi connectivity index (χ4v) is 6.19. The minimum Gasteiger partial charge on any atom is -0.495 e. The monoisotopic (exact) mass is 635 g/mol. The molecule has 1 N–H and O–H groups in total. The molecule has 0 atom stereocenters. The Morgan fingerprint density at radius 2 is 1.81 bits per heavy atom. The highest BCUT2D eigenvalue weighted by Gasteiger charge is 2.30. The number of aromatic nitrogens is 2. The number of methoxy groups -OCH3 is 1. The highest BCUT2D eigenvalue weighted by atomic mass is 35.5. The molecule has 0 radical (unpaired) electrons. The van der Waals surface area contributed by atoms with E-state index in [4.69, 9.17) is 16.3 Å². The van der Waals surface area contributed by atoms with Crippen LogP contribution in [-0.4, -0.2) is 37.7 Å². The molecule has 0 saturated carbocycles. The van der Waals surface area contributed by atoms with Crippen LogP contribution < -0.4 is 10.1 Å². The highest BCUT2D eigenvalue weighted by molar-refractivity contribution is 7.98. The van der Waals surface area contributed by atoms with Gasteiger partial charge in [0, 0.05) is 23.4 Å². The van der Waals surface area contributed by atoms with Gasteiger partial charge in [0.05, 0.1) is 24.0 Å². The molecule has 0 aliphatic heterocycles. The average molecular weight is 636 g/mol. The van der Waals surface area contributed by atoms with E-state index in [-0.39, 0.29) is 17.9 Å². The van der Waals surface area contributed by atoms with Gasteiger partial charge in [-0.1, -0.05) is 49.3 Å². The van der Waals surface area contributed by atoms with E-state index in [9.17, 15) is 17.6 Å². The summed E-state index contributed by atoms with van der Waals surface area (Å²) in [6.45, 7) is 5.77. The van der Waals surface area contributed by atoms with Crippen LogP contribution in [0.2, 0.25) is 5.02 Å². The standard InChI is InChI=1S/C29H28ClF2N3O5S2/c1-5-33-28(36)40-42(37,38)22-12-6-18(24(32)15-22)17-41-27-34-16-26(35(27)21-10-8-20(31)9-11-21)29(2,3)19-7-13-23(30)25(14-19)39-4/h6-16H,5,17H2,1-4H3,(H,33,36). The van der Waals surface area contributed by atoms with Gasteiger partial charge in [0.15, 0.2) is 5.16 Å². The van der Waals surface area contributed by atoms with E-state index in [2.05, 4.69) is 14.5 Å². The van der Waals surface area contributed by atoms with Gasteiger partial charge in [-0.15, -0.1) is 0 Å². The molecular formula is C29H28ClF2N3O5S2. The van der Waals surface area contributed by atoms with Crippen molar-refractivity contribution in [3.8, 4) is 11.4 Å². The van der Waals surface area contributed by atoms with Crippen molar-refractivity contribution in [1.29, 1.82) is 0 Å². The summed E-state index contributed by atoms with van der Waals surface area (Å²) in [5, 5.41) is 3.18. The van der Waals surface area contributed by atoms with Gasteiger partial charge in [-0.3, -0.25) is 4.57 Å². The zero-order chi connectivity index (χ0) is 30.7. The number of carbonyl (C=O) groups is 1. The molecule has 0 aliphatic rings. The van der Waals surface area contributed by atoms with Crippen molar-refractivity contribution in [2.45, 2.75) is 42.0 Å². The molecule has 1 amide bonds. The number of thioether (sulfide) groups is 1. The number of rotatable bonds is 10. The molecule has 222 valence electrons. The van der Waals surface area contributed by atoms with Crippen LogP contribution in [0.15, 0.2) is 76.9 Å². The van der Waals surface area contributed by atoms with Crippen LogP contribution in [0.1, 0.15) is 37.6 Å². The van der Waals surface area contributed by atoms with E-state index in [0.29, 0.717) is 21.6 Å². The number of hydrogen-bond donors (Lipinski definition) is 1. The van der Waals surface area contributed by atoms with Gasteiger partial charge >= 0.3 is 16.2 Å². The van der Waals surface area contributed by atoms with Crippen molar-refractivity contribution in [3.63, 3.8) is 0 Å². The first-order chi connectivity index (χ1) is 19.9. The van der Waals surface area contributed by atoms with Crippen molar-refractivity contribution in [3.05, 3.63) is 100 Å². The lowest BCUT2D eigenvalue weighted by Gasteiger charge is -2.28. The number of imidazole rings is 1. The predicted octanol–water partition coefficient (Wildman–Crippen LogP) is 6.87. The smallest absolute Gasteiger partial charge is 0.423 e. The first kappa shape index (κ1) is 31.3. The maximum Gasteiger partial charge on any atom is 0.423 e. The second-order valence-corrected chi connectivity index (χ2v) is 12.5. The van der Waals surface area contributed by atoms with Gasteiger partial charge in [0.1, 0.15) is 22.3 Å². The van der Waals surface area contributed by atoms with Gasteiger partial charge < -0.3 is 14.2 Å². The summed E-state index contributed by atoms with van der Waals surface area (Å²) in [6, 6.07) is 14.7. The van der Waals surface area contributed by atoms with Gasteiger partial charge in [-0.25, -0.2) is 18.6 Å². The van der Waals surface area contributed by atoms with Crippen molar-refractivity contribution < 1.29 is 30.9 Å². The van der Waals surface area contributed by atoms with Crippen LogP contribution >= 0.6 is 23.4 Å². The molecule has 1 aromatic heterocycles. The van der Waals surface area contributed by atoms with Gasteiger partial charge in [-0.2, -0.15) is 8.42 Å². The lowest BCUT2D eigenvalue weighted by atomic mass is 9.81. The van der Waals surface area contributed by atoms with Crippen molar-refractivity contribution in [1.82, 2.24) is 14.9 Å². The Morgan fingerprint density at radius 3 is 2.45 bits per heavy atom. The molecular weight excluding hydrogens is 608 g/mol. The molecule has 0 unspecified atom stereocenters. The Bertz CT molecular complexity index is 1710. The number of ether oxygens (including phenoxy) is 1. The Hall–Kier alpha value is -3.61. The number of nitrogens with zero attached hydrogens (tertiary/aromatic N) is 2. The SMILES string of the molecule is CCNC(=O)OS(=O)(=O)c1ccc(CSc2ncc(C(C)(C)c3ccc(Cl)c(OC)c3)n2-c2ccc(F)cc2)c(F)c1. The lowest BCUT2D eigenvalue weighted by Crippen LogP contribution is -2.26. The first-order valence-corrected chi connectivity index (χ1v) is 15.5. The summed E-state index contributed by atoms with van der Waals surface area (Å²) < 4.78 is 65.3. The molecule has 0 aliphatic carbocycles. The maximum absolute atomic E-state index is 15.0. The van der Waals surface area contributed by atoms with Gasteiger partial charge in [-0.05, 0) is 66.6 Å². The molecule has 13 heteroatoms. The Labute approximate surface area is 252 Å². The molecule has 0 spiro atoms. The Morgan fingerprint density at radius 1 is 1.10 bits per heavy atom. The normalized spacial score (nSPS) is 11.8. The summed E-state index contributed by atoms with van der Waals surface area (Å²) in [5.41, 5.74) is 1.88. The van der Waals surface area contributed by atoms with E-state index < -0.39 is 38.2 Å². The van der Waals surface area contributed by atoms with Crippen LogP contribution in [0.3, 0.4) is 0 Å². The van der Waals surface area contributed by atoms with E-state index in [1.165, 1.54) is 43.1 Å². The summed E-state index contributed by atoms with van der Waals surface area (Å²) in [5.74, 6) is -0.584. The lowest BCUT2D eigenvalue weighted by molar-refractivity contribution is 0.203. The highest BCUT2D eigenvalue weighted by Crippen LogP contribution is 2.39. The van der Waals surface area contributed by atoms with E-state index in [0.717, 1.165) is 17.3 Å². The predicted molar refractivity (Wildman–Crippen MR) is 157 cm³/mol. The largest absolute Gasteiger partial charge is 0.495 e. The Balaban J connectivity index is 1.67. The minimum atomic E-state index is -4.50. The number of hydrogen-bond acceptors (Lipinski definition) is 7. The van der Waals surface area contributed by atoms with Crippen molar-refractivity contribution >= 4 is 39.6 Å². The number of benzene rings is 3. The molecule has 4 rings (SSSR count). The van der Waals surface area contributed by atoms with Crippen LogP contribution in [0, 0.1) is 11.6 Å². The van der Waals surface area contributed by atoms with E-state index in [1.807, 2.05) is 30.5 Å². The van der Waals surface area contributed by atoms with E-state index in [1.54, 1.807) is 31.3 Å². The molecule has 1 heterocycles. The fraction of sp³-hybridized carbons (Fsp3) is 0.241. The molecule has 0 saturated heterocycles. The second-order valence-electron chi connectivity index (χ2n) is 9.61. The third-order valence-corrected chi connectivity index (χ3v) is 9.02. The minimum absolute atomic E-state index is 0.0934. The topological polar surface area (TPSA) is 99.5 Å². The van der Waals surface area contributed by atoms with Gasteiger partial charge in [0.2, 0.25) is 0 Å². The number of carbonyl (C=O) groups excluding carboxylic acids is 1. The maximum atomic E-state index is 15.0. The zero-order valence-corrected chi connectivity index (χ0v) is 25.5. The van der Waals surface area contributed by atoms with Gasteiger partial charge in [0.25, 0.3) is 0 Å².